The second kappa shape index (κ2) is 9.93. The Morgan fingerprint density at radius 3 is 2.38 bits per heavy atom. The van der Waals surface area contributed by atoms with Crippen molar-refractivity contribution in [3.05, 3.63) is 29.3 Å². The van der Waals surface area contributed by atoms with Crippen LogP contribution in [0.15, 0.2) is 18.2 Å². The number of fused-ring (bicyclic) bond motifs is 3. The van der Waals surface area contributed by atoms with Crippen molar-refractivity contribution in [3.63, 3.8) is 0 Å². The molecule has 1 aromatic carbocycles. The van der Waals surface area contributed by atoms with Gasteiger partial charge in [0.2, 0.25) is 0 Å². The fourth-order valence-corrected chi connectivity index (χ4v) is 6.59. The van der Waals surface area contributed by atoms with Crippen LogP contribution in [0.4, 0.5) is 4.79 Å². The van der Waals surface area contributed by atoms with Gasteiger partial charge in [0.25, 0.3) is 0 Å². The molecular weight excluding hydrogens is 474 g/mol. The van der Waals surface area contributed by atoms with Gasteiger partial charge in [-0.2, -0.15) is 0 Å². The molecule has 3 aliphatic heterocycles. The van der Waals surface area contributed by atoms with Crippen LogP contribution in [0.2, 0.25) is 0 Å². The van der Waals surface area contributed by atoms with E-state index in [4.69, 9.17) is 18.9 Å². The smallest absolute Gasteiger partial charge is 0.410 e. The molecule has 4 aliphatic rings. The Hall–Kier alpha value is -2.61. The zero-order valence-electron chi connectivity index (χ0n) is 22.5. The molecule has 1 saturated carbocycles. The summed E-state index contributed by atoms with van der Waals surface area (Å²) < 4.78 is 23.1. The van der Waals surface area contributed by atoms with Gasteiger partial charge in [0.15, 0.2) is 5.78 Å². The maximum absolute atomic E-state index is 13.2. The molecule has 37 heavy (non-hydrogen) atoms. The molecule has 0 spiro atoms. The predicted molar refractivity (Wildman–Crippen MR) is 136 cm³/mol. The van der Waals surface area contributed by atoms with E-state index in [1.807, 2.05) is 45.9 Å². The van der Waals surface area contributed by atoms with Crippen molar-refractivity contribution in [2.24, 2.45) is 29.6 Å². The molecule has 3 fully saturated rings. The number of carbonyl (C=O) groups excluding carboxylic acids is 3. The van der Waals surface area contributed by atoms with E-state index in [1.54, 1.807) is 4.90 Å². The van der Waals surface area contributed by atoms with E-state index in [2.05, 4.69) is 0 Å². The van der Waals surface area contributed by atoms with Gasteiger partial charge in [-0.25, -0.2) is 4.79 Å². The van der Waals surface area contributed by atoms with Crippen LogP contribution in [-0.4, -0.2) is 67.9 Å². The van der Waals surface area contributed by atoms with Gasteiger partial charge < -0.3 is 23.8 Å². The monoisotopic (exact) mass is 513 g/mol. The predicted octanol–water partition coefficient (Wildman–Crippen LogP) is 4.45. The van der Waals surface area contributed by atoms with E-state index in [0.717, 1.165) is 18.4 Å². The standard InChI is InChI=1S/C29H39NO7/c1-16(27(32)34-5)25(17-6-7-17)18-8-9-21-22(31)11-24(36-23(21)10-18)26-19-12-30(13-20(26)15-35-14-19)28(33)37-29(2,3)4/h8-10,16-17,19-20,24-26H,6-7,11-15H2,1-5H3/t16-,19?,20?,24?,25-,26?/m0/s1. The zero-order valence-corrected chi connectivity index (χ0v) is 22.5. The van der Waals surface area contributed by atoms with Gasteiger partial charge in [0.05, 0.1) is 31.8 Å². The number of likely N-dealkylation sites (tertiary alicyclic amines) is 1. The number of carbonyl (C=O) groups is 3. The molecule has 202 valence electrons. The fourth-order valence-electron chi connectivity index (χ4n) is 6.59. The van der Waals surface area contributed by atoms with Gasteiger partial charge in [-0.05, 0) is 63.1 Å². The van der Waals surface area contributed by atoms with Gasteiger partial charge in [-0.1, -0.05) is 13.0 Å². The lowest BCUT2D eigenvalue weighted by molar-refractivity contribution is -0.145. The van der Waals surface area contributed by atoms with Gasteiger partial charge in [-0.15, -0.1) is 0 Å². The molecule has 3 unspecified atom stereocenters. The molecule has 0 aromatic heterocycles. The lowest BCUT2D eigenvalue weighted by atomic mass is 9.71. The molecule has 8 nitrogen and oxygen atoms in total. The Morgan fingerprint density at radius 2 is 1.78 bits per heavy atom. The molecule has 0 radical (unpaired) electrons. The Balaban J connectivity index is 1.36. The van der Waals surface area contributed by atoms with Crippen LogP contribution >= 0.6 is 0 Å². The number of methoxy groups -OCH3 is 1. The van der Waals surface area contributed by atoms with Crippen molar-refractivity contribution in [1.82, 2.24) is 4.90 Å². The second-order valence-corrected chi connectivity index (χ2v) is 12.2. The van der Waals surface area contributed by atoms with Crippen molar-refractivity contribution in [3.8, 4) is 5.75 Å². The molecule has 5 atom stereocenters. The van der Waals surface area contributed by atoms with Gasteiger partial charge in [0, 0.05) is 37.3 Å². The Labute approximate surface area is 219 Å². The first kappa shape index (κ1) is 26.0. The minimum absolute atomic E-state index is 0.0432. The summed E-state index contributed by atoms with van der Waals surface area (Å²) in [6.07, 6.45) is 1.92. The highest BCUT2D eigenvalue weighted by Crippen LogP contribution is 2.49. The van der Waals surface area contributed by atoms with Crippen LogP contribution in [0.1, 0.15) is 68.8 Å². The normalized spacial score (nSPS) is 29.0. The van der Waals surface area contributed by atoms with E-state index in [-0.39, 0.29) is 53.5 Å². The maximum Gasteiger partial charge on any atom is 0.410 e. The number of hydrogen-bond donors (Lipinski definition) is 0. The maximum atomic E-state index is 13.2. The first-order valence-electron chi connectivity index (χ1n) is 13.5. The van der Waals surface area contributed by atoms with E-state index in [1.165, 1.54) is 7.11 Å². The third-order valence-corrected chi connectivity index (χ3v) is 8.34. The average Bonchev–Trinajstić information content (AvgIpc) is 3.66. The average molecular weight is 514 g/mol. The molecule has 5 rings (SSSR count). The van der Waals surface area contributed by atoms with Crippen molar-refractivity contribution >= 4 is 17.8 Å². The molecule has 3 heterocycles. The third kappa shape index (κ3) is 5.35. The van der Waals surface area contributed by atoms with Crippen LogP contribution in [0, 0.1) is 29.6 Å². The van der Waals surface area contributed by atoms with Crippen LogP contribution in [0.3, 0.4) is 0 Å². The topological polar surface area (TPSA) is 91.4 Å². The Morgan fingerprint density at radius 1 is 1.11 bits per heavy atom. The van der Waals surface area contributed by atoms with Crippen LogP contribution in [0.5, 0.6) is 5.75 Å². The number of esters is 1. The summed E-state index contributed by atoms with van der Waals surface area (Å²) in [5.41, 5.74) is 1.08. The minimum atomic E-state index is -0.552. The number of nitrogens with zero attached hydrogens (tertiary/aromatic N) is 1. The summed E-state index contributed by atoms with van der Waals surface area (Å²) >= 11 is 0. The highest BCUT2D eigenvalue weighted by atomic mass is 16.6. The lowest BCUT2D eigenvalue weighted by Gasteiger charge is -2.49. The number of amides is 1. The van der Waals surface area contributed by atoms with Crippen LogP contribution in [0.25, 0.3) is 0 Å². The molecule has 1 aliphatic carbocycles. The molecule has 1 amide bonds. The van der Waals surface area contributed by atoms with Gasteiger partial charge >= 0.3 is 12.1 Å². The van der Waals surface area contributed by atoms with Crippen LogP contribution < -0.4 is 4.74 Å². The number of Topliss-reactive ketones (excluding diaryl/α,β-unsaturated/α-hetero) is 1. The summed E-state index contributed by atoms with van der Waals surface area (Å²) in [6.45, 7) is 9.64. The van der Waals surface area contributed by atoms with Gasteiger partial charge in [-0.3, -0.25) is 9.59 Å². The number of benzene rings is 1. The van der Waals surface area contributed by atoms with Crippen molar-refractivity contribution in [2.45, 2.75) is 64.6 Å². The number of ketones is 1. The number of ether oxygens (including phenoxy) is 4. The number of piperidine rings is 1. The second-order valence-electron chi connectivity index (χ2n) is 12.2. The van der Waals surface area contributed by atoms with Crippen LogP contribution in [-0.2, 0) is 19.0 Å². The van der Waals surface area contributed by atoms with Crippen molar-refractivity contribution in [2.75, 3.05) is 33.4 Å². The summed E-state index contributed by atoms with van der Waals surface area (Å²) in [6, 6.07) is 5.81. The Kier molecular flexibility index (Phi) is 6.98. The van der Waals surface area contributed by atoms with E-state index in [9.17, 15) is 14.4 Å². The SMILES string of the molecule is COC(=O)[C@@H](C)[C@H](c1ccc2c(c1)OC(C1C3COCC1CN(C(=O)OC(C)(C)C)C3)CC2=O)C1CC1. The summed E-state index contributed by atoms with van der Waals surface area (Å²) in [4.78, 5) is 40.2. The summed E-state index contributed by atoms with van der Waals surface area (Å²) in [5.74, 6) is 0.944. The molecule has 2 bridgehead atoms. The number of hydrogen-bond acceptors (Lipinski definition) is 7. The summed E-state index contributed by atoms with van der Waals surface area (Å²) in [7, 11) is 1.43. The summed E-state index contributed by atoms with van der Waals surface area (Å²) in [5, 5.41) is 0. The Bertz CT molecular complexity index is 1040. The highest BCUT2D eigenvalue weighted by Gasteiger charge is 2.49. The quantitative estimate of drug-likeness (QED) is 0.537. The lowest BCUT2D eigenvalue weighted by Crippen LogP contribution is -2.59. The molecular formula is C29H39NO7. The van der Waals surface area contributed by atoms with E-state index < -0.39 is 5.60 Å². The first-order chi connectivity index (χ1) is 17.6. The number of rotatable bonds is 5. The molecule has 0 N–H and O–H groups in total. The van der Waals surface area contributed by atoms with E-state index in [0.29, 0.717) is 50.0 Å². The van der Waals surface area contributed by atoms with E-state index >= 15 is 0 Å². The van der Waals surface area contributed by atoms with Crippen molar-refractivity contribution < 1.29 is 33.3 Å². The zero-order chi connectivity index (χ0) is 26.5. The molecule has 1 aromatic rings. The molecule has 8 heteroatoms. The fraction of sp³-hybridized carbons (Fsp3) is 0.690. The van der Waals surface area contributed by atoms with Gasteiger partial charge in [0.1, 0.15) is 17.5 Å². The highest BCUT2D eigenvalue weighted by molar-refractivity contribution is 6.00. The first-order valence-corrected chi connectivity index (χ1v) is 13.5. The minimum Gasteiger partial charge on any atom is -0.489 e. The third-order valence-electron chi connectivity index (χ3n) is 8.34. The molecule has 2 saturated heterocycles. The largest absolute Gasteiger partial charge is 0.489 e. The van der Waals surface area contributed by atoms with Crippen molar-refractivity contribution in [1.29, 1.82) is 0 Å².